The molecule has 1 aromatic carbocycles. The van der Waals surface area contributed by atoms with Gasteiger partial charge in [-0.15, -0.1) is 0 Å². The summed E-state index contributed by atoms with van der Waals surface area (Å²) >= 11 is 1.06. The Kier molecular flexibility index (Phi) is 2.28. The van der Waals surface area contributed by atoms with Gasteiger partial charge >= 0.3 is 0 Å². The first kappa shape index (κ1) is 9.85. The molecule has 4 N–H and O–H groups in total. The van der Waals surface area contributed by atoms with Gasteiger partial charge in [-0.2, -0.15) is 0 Å². The molecule has 3 nitrogen and oxygen atoms in total. The fourth-order valence-electron chi connectivity index (χ4n) is 1.22. The predicted octanol–water partition coefficient (Wildman–Crippen LogP) is 2.25. The predicted molar refractivity (Wildman–Crippen MR) is 56.3 cm³/mol. The lowest BCUT2D eigenvalue weighted by Crippen LogP contribution is -1.91. The van der Waals surface area contributed by atoms with E-state index in [9.17, 15) is 8.78 Å². The first-order chi connectivity index (χ1) is 7.08. The average molecular weight is 227 g/mol. The summed E-state index contributed by atoms with van der Waals surface area (Å²) in [7, 11) is 0. The summed E-state index contributed by atoms with van der Waals surface area (Å²) in [6.45, 7) is 0. The van der Waals surface area contributed by atoms with Crippen LogP contribution in [0.5, 0.6) is 0 Å². The third-order valence-electron chi connectivity index (χ3n) is 1.86. The van der Waals surface area contributed by atoms with E-state index in [1.165, 1.54) is 6.07 Å². The van der Waals surface area contributed by atoms with Gasteiger partial charge in [0.2, 0.25) is 0 Å². The molecule has 0 atom stereocenters. The van der Waals surface area contributed by atoms with Crippen LogP contribution in [0.2, 0.25) is 0 Å². The molecule has 0 radical (unpaired) electrons. The van der Waals surface area contributed by atoms with Gasteiger partial charge in [0.15, 0.2) is 5.13 Å². The molecule has 0 aliphatic heterocycles. The van der Waals surface area contributed by atoms with Crippen molar-refractivity contribution in [3.8, 4) is 11.3 Å². The van der Waals surface area contributed by atoms with Crippen molar-refractivity contribution in [2.75, 3.05) is 11.5 Å². The largest absolute Gasteiger partial charge is 0.389 e. The first-order valence-corrected chi connectivity index (χ1v) is 4.87. The van der Waals surface area contributed by atoms with Gasteiger partial charge in [-0.1, -0.05) is 11.3 Å². The van der Waals surface area contributed by atoms with Gasteiger partial charge in [-0.3, -0.25) is 0 Å². The summed E-state index contributed by atoms with van der Waals surface area (Å²) in [5.41, 5.74) is 11.4. The van der Waals surface area contributed by atoms with Crippen LogP contribution in [-0.4, -0.2) is 4.98 Å². The van der Waals surface area contributed by atoms with Gasteiger partial charge in [0.25, 0.3) is 0 Å². The number of nitrogen functional groups attached to an aromatic ring is 2. The lowest BCUT2D eigenvalue weighted by molar-refractivity contribution is 0.585. The molecule has 0 saturated carbocycles. The Bertz CT molecular complexity index is 510. The SMILES string of the molecule is Nc1nc(-c2ccc(F)cc2F)c(N)s1. The molecule has 1 heterocycles. The van der Waals surface area contributed by atoms with E-state index in [1.54, 1.807) is 0 Å². The van der Waals surface area contributed by atoms with E-state index in [-0.39, 0.29) is 16.4 Å². The molecule has 15 heavy (non-hydrogen) atoms. The number of aromatic nitrogens is 1. The van der Waals surface area contributed by atoms with Crippen LogP contribution >= 0.6 is 11.3 Å². The van der Waals surface area contributed by atoms with Gasteiger partial charge < -0.3 is 11.5 Å². The third-order valence-corrected chi connectivity index (χ3v) is 2.57. The molecular weight excluding hydrogens is 220 g/mol. The second kappa shape index (κ2) is 3.47. The molecule has 0 saturated heterocycles. The summed E-state index contributed by atoms with van der Waals surface area (Å²) in [6, 6.07) is 3.22. The van der Waals surface area contributed by atoms with Crippen LogP contribution in [0.4, 0.5) is 18.9 Å². The maximum Gasteiger partial charge on any atom is 0.182 e. The molecule has 1 aromatic heterocycles. The van der Waals surface area contributed by atoms with E-state index >= 15 is 0 Å². The van der Waals surface area contributed by atoms with Gasteiger partial charge in [0.1, 0.15) is 22.3 Å². The van der Waals surface area contributed by atoms with Crippen molar-refractivity contribution in [2.24, 2.45) is 0 Å². The minimum atomic E-state index is -0.702. The molecule has 0 aliphatic rings. The first-order valence-electron chi connectivity index (χ1n) is 4.05. The average Bonchev–Trinajstić information content (AvgIpc) is 2.45. The van der Waals surface area contributed by atoms with Crippen LogP contribution in [0.3, 0.4) is 0 Å². The maximum absolute atomic E-state index is 13.4. The number of anilines is 2. The molecule has 0 amide bonds. The zero-order valence-corrected chi connectivity index (χ0v) is 8.31. The number of rotatable bonds is 1. The number of benzene rings is 1. The number of halogens is 2. The third kappa shape index (κ3) is 1.75. The molecule has 6 heteroatoms. The van der Waals surface area contributed by atoms with Crippen LogP contribution in [-0.2, 0) is 0 Å². The minimum Gasteiger partial charge on any atom is -0.389 e. The number of hydrogen-bond acceptors (Lipinski definition) is 4. The van der Waals surface area contributed by atoms with Crippen molar-refractivity contribution >= 4 is 21.5 Å². The number of hydrogen-bond donors (Lipinski definition) is 2. The van der Waals surface area contributed by atoms with Crippen molar-refractivity contribution in [3.05, 3.63) is 29.8 Å². The van der Waals surface area contributed by atoms with Gasteiger partial charge in [0, 0.05) is 11.6 Å². The zero-order valence-electron chi connectivity index (χ0n) is 7.50. The van der Waals surface area contributed by atoms with Gasteiger partial charge in [-0.25, -0.2) is 13.8 Å². The summed E-state index contributed by atoms with van der Waals surface area (Å²) in [5.74, 6) is -1.34. The summed E-state index contributed by atoms with van der Waals surface area (Å²) < 4.78 is 26.0. The summed E-state index contributed by atoms with van der Waals surface area (Å²) in [4.78, 5) is 3.88. The molecule has 2 aromatic rings. The quantitative estimate of drug-likeness (QED) is 0.785. The molecular formula is C9H7F2N3S. The van der Waals surface area contributed by atoms with E-state index in [2.05, 4.69) is 4.98 Å². The van der Waals surface area contributed by atoms with Crippen molar-refractivity contribution < 1.29 is 8.78 Å². The van der Waals surface area contributed by atoms with Gasteiger partial charge in [-0.05, 0) is 12.1 Å². The molecule has 0 unspecified atom stereocenters. The molecule has 2 rings (SSSR count). The highest BCUT2D eigenvalue weighted by atomic mass is 32.1. The van der Waals surface area contributed by atoms with Crippen LogP contribution in [0, 0.1) is 11.6 Å². The Morgan fingerprint density at radius 3 is 2.47 bits per heavy atom. The lowest BCUT2D eigenvalue weighted by atomic mass is 10.1. The molecule has 0 fully saturated rings. The second-order valence-electron chi connectivity index (χ2n) is 2.89. The second-order valence-corrected chi connectivity index (χ2v) is 3.95. The monoisotopic (exact) mass is 227 g/mol. The van der Waals surface area contributed by atoms with Crippen LogP contribution in [0.1, 0.15) is 0 Å². The van der Waals surface area contributed by atoms with Gasteiger partial charge in [0.05, 0.1) is 0 Å². The fraction of sp³-hybridized carbons (Fsp3) is 0. The lowest BCUT2D eigenvalue weighted by Gasteiger charge is -2.00. The van der Waals surface area contributed by atoms with Crippen molar-refractivity contribution in [3.63, 3.8) is 0 Å². The van der Waals surface area contributed by atoms with E-state index in [0.717, 1.165) is 23.5 Å². The topological polar surface area (TPSA) is 64.9 Å². The Balaban J connectivity index is 2.59. The highest BCUT2D eigenvalue weighted by Crippen LogP contribution is 2.33. The summed E-state index contributed by atoms with van der Waals surface area (Å²) in [5, 5.41) is 0.573. The Morgan fingerprint density at radius 1 is 1.20 bits per heavy atom. The van der Waals surface area contributed by atoms with Crippen LogP contribution in [0.15, 0.2) is 18.2 Å². The molecule has 0 aliphatic carbocycles. The van der Waals surface area contributed by atoms with Crippen molar-refractivity contribution in [1.29, 1.82) is 0 Å². The molecule has 0 bridgehead atoms. The fourth-order valence-corrected chi connectivity index (χ4v) is 1.84. The molecule has 0 spiro atoms. The highest BCUT2D eigenvalue weighted by Gasteiger charge is 2.13. The van der Waals surface area contributed by atoms with Crippen molar-refractivity contribution in [1.82, 2.24) is 4.98 Å². The standard InChI is InChI=1S/C9H7F2N3S/c10-4-1-2-5(6(11)3-4)7-8(12)15-9(13)14-7/h1-3H,12H2,(H2,13,14). The highest BCUT2D eigenvalue weighted by molar-refractivity contribution is 7.19. The van der Waals surface area contributed by atoms with E-state index in [1.807, 2.05) is 0 Å². The maximum atomic E-state index is 13.4. The summed E-state index contributed by atoms with van der Waals surface area (Å²) in [6.07, 6.45) is 0. The number of nitrogens with two attached hydrogens (primary N) is 2. The van der Waals surface area contributed by atoms with Crippen LogP contribution in [0.25, 0.3) is 11.3 Å². The zero-order chi connectivity index (χ0) is 11.0. The van der Waals surface area contributed by atoms with Crippen molar-refractivity contribution in [2.45, 2.75) is 0 Å². The van der Waals surface area contributed by atoms with Crippen LogP contribution < -0.4 is 11.5 Å². The normalized spacial score (nSPS) is 10.5. The smallest absolute Gasteiger partial charge is 0.182 e. The van der Waals surface area contributed by atoms with E-state index < -0.39 is 11.6 Å². The number of thiazole rings is 1. The van der Waals surface area contributed by atoms with E-state index in [0.29, 0.717) is 5.00 Å². The Morgan fingerprint density at radius 2 is 1.93 bits per heavy atom. The Hall–Kier alpha value is -1.69. The molecule has 78 valence electrons. The Labute approximate surface area is 88.4 Å². The number of nitrogens with zero attached hydrogens (tertiary/aromatic N) is 1. The van der Waals surface area contributed by atoms with E-state index in [4.69, 9.17) is 11.5 Å². The minimum absolute atomic E-state index is 0.154.